The van der Waals surface area contributed by atoms with Gasteiger partial charge in [-0.05, 0) is 50.3 Å². The van der Waals surface area contributed by atoms with Gasteiger partial charge in [-0.3, -0.25) is 4.79 Å². The van der Waals surface area contributed by atoms with Gasteiger partial charge in [-0.1, -0.05) is 18.0 Å². The minimum Gasteiger partial charge on any atom is -0.349 e. The first-order valence-electron chi connectivity index (χ1n) is 6.84. The maximum Gasteiger partial charge on any atom is 0.251 e. The molecule has 0 heterocycles. The fourth-order valence-electron chi connectivity index (χ4n) is 2.40. The zero-order valence-electron chi connectivity index (χ0n) is 12.0. The normalized spacial score (nSPS) is 17.1. The van der Waals surface area contributed by atoms with E-state index in [0.717, 1.165) is 12.8 Å². The fourth-order valence-corrected chi connectivity index (χ4v) is 3.24. The first-order valence-corrected chi connectivity index (χ1v) is 8.76. The lowest BCUT2D eigenvalue weighted by Gasteiger charge is -2.32. The molecule has 0 spiro atoms. The lowest BCUT2D eigenvalue weighted by molar-refractivity contribution is 0.0908. The second-order valence-corrected chi connectivity index (χ2v) is 7.54. The molecule has 3 N–H and O–H groups in total. The van der Waals surface area contributed by atoms with Crippen LogP contribution in [0.3, 0.4) is 0 Å². The van der Waals surface area contributed by atoms with Crippen molar-refractivity contribution in [3.8, 4) is 0 Å². The maximum absolute atomic E-state index is 12.3. The molecule has 1 aromatic carbocycles. The van der Waals surface area contributed by atoms with Gasteiger partial charge in [-0.2, -0.15) is 0 Å². The number of carbonyl (C=O) groups excluding carboxylic acids is 1. The van der Waals surface area contributed by atoms with Gasteiger partial charge in [-0.15, -0.1) is 0 Å². The van der Waals surface area contributed by atoms with Crippen molar-refractivity contribution in [3.05, 3.63) is 28.3 Å². The van der Waals surface area contributed by atoms with Crippen molar-refractivity contribution in [2.75, 3.05) is 0 Å². The van der Waals surface area contributed by atoms with Gasteiger partial charge in [0.25, 0.3) is 5.91 Å². The molecule has 0 radical (unpaired) electrons. The van der Waals surface area contributed by atoms with Crippen LogP contribution in [0, 0.1) is 12.8 Å². The highest BCUT2D eigenvalue weighted by Gasteiger charge is 2.26. The molecular formula is C14H19ClN2O3S. The number of sulfonamides is 1. The highest BCUT2D eigenvalue weighted by molar-refractivity contribution is 7.89. The van der Waals surface area contributed by atoms with E-state index < -0.39 is 10.0 Å². The van der Waals surface area contributed by atoms with Crippen LogP contribution < -0.4 is 10.5 Å². The number of hydrogen-bond donors (Lipinski definition) is 2. The molecule has 1 aromatic rings. The van der Waals surface area contributed by atoms with Gasteiger partial charge in [0.15, 0.2) is 0 Å². The summed E-state index contributed by atoms with van der Waals surface area (Å²) in [6.07, 6.45) is 3.41. The first kappa shape index (κ1) is 16.3. The van der Waals surface area contributed by atoms with Crippen molar-refractivity contribution in [1.29, 1.82) is 0 Å². The van der Waals surface area contributed by atoms with Crippen molar-refractivity contribution < 1.29 is 13.2 Å². The van der Waals surface area contributed by atoms with Gasteiger partial charge in [-0.25, -0.2) is 13.6 Å². The molecule has 0 saturated heterocycles. The van der Waals surface area contributed by atoms with Gasteiger partial charge < -0.3 is 5.32 Å². The van der Waals surface area contributed by atoms with E-state index >= 15 is 0 Å². The summed E-state index contributed by atoms with van der Waals surface area (Å²) < 4.78 is 22.9. The number of carbonyl (C=O) groups is 1. The van der Waals surface area contributed by atoms with E-state index in [0.29, 0.717) is 11.5 Å². The van der Waals surface area contributed by atoms with Crippen LogP contribution >= 0.6 is 11.6 Å². The van der Waals surface area contributed by atoms with Crippen LogP contribution in [0.4, 0.5) is 0 Å². The van der Waals surface area contributed by atoms with Crippen LogP contribution in [0.25, 0.3) is 0 Å². The molecule has 1 saturated carbocycles. The Balaban J connectivity index is 2.29. The summed E-state index contributed by atoms with van der Waals surface area (Å²) in [6, 6.07) is 2.60. The zero-order chi connectivity index (χ0) is 15.8. The van der Waals surface area contributed by atoms with Crippen LogP contribution in [-0.2, 0) is 10.0 Å². The smallest absolute Gasteiger partial charge is 0.251 e. The lowest BCUT2D eigenvalue weighted by atomic mass is 9.80. The lowest BCUT2D eigenvalue weighted by Crippen LogP contribution is -2.41. The van der Waals surface area contributed by atoms with E-state index in [4.69, 9.17) is 16.7 Å². The van der Waals surface area contributed by atoms with Crippen LogP contribution in [0.2, 0.25) is 5.02 Å². The molecule has 0 aromatic heterocycles. The number of hydrogen-bond acceptors (Lipinski definition) is 3. The van der Waals surface area contributed by atoms with E-state index in [2.05, 4.69) is 5.32 Å². The number of rotatable bonds is 4. The van der Waals surface area contributed by atoms with E-state index in [1.54, 1.807) is 6.92 Å². The molecule has 1 aliphatic rings. The summed E-state index contributed by atoms with van der Waals surface area (Å²) in [6.45, 7) is 3.64. The molecule has 0 bridgehead atoms. The Hall–Kier alpha value is -1.11. The number of nitrogens with two attached hydrogens (primary N) is 1. The molecule has 5 nitrogen and oxygen atoms in total. The maximum atomic E-state index is 12.3. The van der Waals surface area contributed by atoms with Gasteiger partial charge in [0.2, 0.25) is 10.0 Å². The van der Waals surface area contributed by atoms with E-state index in [9.17, 15) is 13.2 Å². The third-order valence-electron chi connectivity index (χ3n) is 4.11. The van der Waals surface area contributed by atoms with Crippen LogP contribution in [0.15, 0.2) is 17.0 Å². The molecule has 116 valence electrons. The second-order valence-electron chi connectivity index (χ2n) is 5.58. The predicted molar refractivity (Wildman–Crippen MR) is 81.8 cm³/mol. The van der Waals surface area contributed by atoms with Crippen LogP contribution in [-0.4, -0.2) is 20.4 Å². The van der Waals surface area contributed by atoms with E-state index in [-0.39, 0.29) is 27.4 Å². The molecule has 2 rings (SSSR count). The SMILES string of the molecule is Cc1c(Cl)cc(S(N)(=O)=O)cc1C(=O)NC(C)C1CCC1. The average molecular weight is 331 g/mol. The molecule has 0 aliphatic heterocycles. The Kier molecular flexibility index (Phi) is 4.60. The molecule has 1 amide bonds. The fraction of sp³-hybridized carbons (Fsp3) is 0.500. The largest absolute Gasteiger partial charge is 0.349 e. The highest BCUT2D eigenvalue weighted by Crippen LogP contribution is 2.30. The standard InChI is InChI=1S/C14H19ClN2O3S/c1-8-12(6-11(7-13(8)15)21(16,19)20)14(18)17-9(2)10-4-3-5-10/h6-7,9-10H,3-5H2,1-2H3,(H,17,18)(H2,16,19,20). The summed E-state index contributed by atoms with van der Waals surface area (Å²) in [5.41, 5.74) is 0.792. The molecule has 7 heteroatoms. The van der Waals surface area contributed by atoms with Crippen LogP contribution in [0.5, 0.6) is 0 Å². The van der Waals surface area contributed by atoms with Gasteiger partial charge in [0.05, 0.1) is 4.90 Å². The van der Waals surface area contributed by atoms with Crippen molar-refractivity contribution in [2.45, 2.75) is 44.0 Å². The van der Waals surface area contributed by atoms with E-state index in [1.807, 2.05) is 6.92 Å². The van der Waals surface area contributed by atoms with Crippen molar-refractivity contribution >= 4 is 27.5 Å². The number of amides is 1. The Bertz CT molecular complexity index is 669. The van der Waals surface area contributed by atoms with Gasteiger partial charge in [0.1, 0.15) is 0 Å². The number of primary sulfonamides is 1. The van der Waals surface area contributed by atoms with Crippen LogP contribution in [0.1, 0.15) is 42.1 Å². The Labute approximate surface area is 129 Å². The van der Waals surface area contributed by atoms with Crippen molar-refractivity contribution in [2.24, 2.45) is 11.1 Å². The average Bonchev–Trinajstić information content (AvgIpc) is 2.28. The van der Waals surface area contributed by atoms with Gasteiger partial charge >= 0.3 is 0 Å². The molecular weight excluding hydrogens is 312 g/mol. The number of benzene rings is 1. The van der Waals surface area contributed by atoms with E-state index in [1.165, 1.54) is 18.6 Å². The minimum atomic E-state index is -3.90. The molecule has 1 unspecified atom stereocenters. The highest BCUT2D eigenvalue weighted by atomic mass is 35.5. The molecule has 1 atom stereocenters. The number of halogens is 1. The Morgan fingerprint density at radius 3 is 2.52 bits per heavy atom. The number of nitrogens with one attached hydrogen (secondary N) is 1. The molecule has 1 aliphatic carbocycles. The summed E-state index contributed by atoms with van der Waals surface area (Å²) in [7, 11) is -3.90. The quantitative estimate of drug-likeness (QED) is 0.887. The first-order chi connectivity index (χ1) is 9.70. The Morgan fingerprint density at radius 1 is 1.43 bits per heavy atom. The van der Waals surface area contributed by atoms with Crippen molar-refractivity contribution in [1.82, 2.24) is 5.32 Å². The zero-order valence-corrected chi connectivity index (χ0v) is 13.6. The monoisotopic (exact) mass is 330 g/mol. The topological polar surface area (TPSA) is 89.3 Å². The third-order valence-corrected chi connectivity index (χ3v) is 5.39. The second kappa shape index (κ2) is 5.94. The minimum absolute atomic E-state index is 0.0579. The predicted octanol–water partition coefficient (Wildman–Crippen LogP) is 2.21. The third kappa shape index (κ3) is 3.56. The van der Waals surface area contributed by atoms with Gasteiger partial charge in [0, 0.05) is 16.6 Å². The molecule has 1 fully saturated rings. The van der Waals surface area contributed by atoms with Crippen molar-refractivity contribution in [3.63, 3.8) is 0 Å². The molecule has 21 heavy (non-hydrogen) atoms. The Morgan fingerprint density at radius 2 is 2.05 bits per heavy atom. The summed E-state index contributed by atoms with van der Waals surface area (Å²) in [5, 5.41) is 8.23. The summed E-state index contributed by atoms with van der Waals surface area (Å²) >= 11 is 6.01. The summed E-state index contributed by atoms with van der Waals surface area (Å²) in [4.78, 5) is 12.2. The summed E-state index contributed by atoms with van der Waals surface area (Å²) in [5.74, 6) is 0.172.